The van der Waals surface area contributed by atoms with Crippen molar-refractivity contribution in [2.24, 2.45) is 0 Å². The average molecular weight is 198 g/mol. The molecule has 0 aromatic carbocycles. The molecule has 2 saturated heterocycles. The highest BCUT2D eigenvalue weighted by Gasteiger charge is 2.29. The Morgan fingerprint density at radius 1 is 0.857 bits per heavy atom. The zero-order valence-corrected chi connectivity index (χ0v) is 9.81. The van der Waals surface area contributed by atoms with Crippen molar-refractivity contribution in [3.8, 4) is 0 Å². The molecule has 14 heavy (non-hydrogen) atoms. The maximum atomic E-state index is 3.39. The molecule has 2 heterocycles. The first-order valence-electron chi connectivity index (χ1n) is 6.33. The summed E-state index contributed by atoms with van der Waals surface area (Å²) < 4.78 is 0. The minimum absolute atomic E-state index is 0.810. The second kappa shape index (κ2) is 7.24. The normalized spacial score (nSPS) is 28.7. The largest absolute Gasteiger partial charge is 0.311 e. The molecule has 2 N–H and O–H groups in total. The Morgan fingerprint density at radius 2 is 1.36 bits per heavy atom. The van der Waals surface area contributed by atoms with Crippen LogP contribution in [0.5, 0.6) is 0 Å². The zero-order chi connectivity index (χ0) is 10.2. The summed E-state index contributed by atoms with van der Waals surface area (Å²) in [5.74, 6) is 0. The van der Waals surface area contributed by atoms with E-state index < -0.39 is 0 Å². The molecule has 2 aliphatic rings. The lowest BCUT2D eigenvalue weighted by Crippen LogP contribution is -2.39. The number of hydrogen-bond donors (Lipinski definition) is 2. The topological polar surface area (TPSA) is 24.1 Å². The molecular formula is C12H26N2. The van der Waals surface area contributed by atoms with Crippen LogP contribution in [0.3, 0.4) is 0 Å². The smallest absolute Gasteiger partial charge is 0.0208 e. The van der Waals surface area contributed by atoms with Gasteiger partial charge in [0.1, 0.15) is 0 Å². The Morgan fingerprint density at radius 3 is 1.57 bits per heavy atom. The molecule has 2 rings (SSSR count). The molecule has 84 valence electrons. The van der Waals surface area contributed by atoms with Crippen LogP contribution >= 0.6 is 0 Å². The summed E-state index contributed by atoms with van der Waals surface area (Å²) in [4.78, 5) is 0. The molecule has 2 unspecified atom stereocenters. The van der Waals surface area contributed by atoms with Gasteiger partial charge < -0.3 is 10.6 Å². The Bertz CT molecular complexity index is 114. The van der Waals surface area contributed by atoms with E-state index >= 15 is 0 Å². The molecule has 0 saturated carbocycles. The molecule has 2 aliphatic heterocycles. The fourth-order valence-electron chi connectivity index (χ4n) is 2.12. The van der Waals surface area contributed by atoms with Crippen LogP contribution in [0, 0.1) is 0 Å². The van der Waals surface area contributed by atoms with E-state index in [4.69, 9.17) is 0 Å². The Hall–Kier alpha value is -0.0800. The molecule has 0 amide bonds. The van der Waals surface area contributed by atoms with Crippen LogP contribution in [-0.2, 0) is 0 Å². The molecule has 0 aromatic rings. The van der Waals surface area contributed by atoms with Crippen molar-refractivity contribution >= 4 is 0 Å². The highest BCUT2D eigenvalue weighted by atomic mass is 15.1. The van der Waals surface area contributed by atoms with Gasteiger partial charge in [-0.15, -0.1) is 0 Å². The van der Waals surface area contributed by atoms with E-state index in [0.29, 0.717) is 0 Å². The first-order chi connectivity index (χ1) is 6.86. The fraction of sp³-hybridized carbons (Fsp3) is 1.00. The van der Waals surface area contributed by atoms with Crippen LogP contribution < -0.4 is 10.6 Å². The monoisotopic (exact) mass is 198 g/mol. The third-order valence-corrected chi connectivity index (χ3v) is 3.08. The van der Waals surface area contributed by atoms with Gasteiger partial charge in [-0.1, -0.05) is 46.0 Å². The van der Waals surface area contributed by atoms with E-state index in [1.807, 2.05) is 0 Å². The van der Waals surface area contributed by atoms with Gasteiger partial charge in [-0.3, -0.25) is 0 Å². The summed E-state index contributed by atoms with van der Waals surface area (Å²) in [5.41, 5.74) is 0. The van der Waals surface area contributed by atoms with Crippen molar-refractivity contribution in [1.82, 2.24) is 10.6 Å². The molecule has 2 nitrogen and oxygen atoms in total. The number of nitrogens with one attached hydrogen (secondary N) is 2. The van der Waals surface area contributed by atoms with Crippen LogP contribution in [0.4, 0.5) is 0 Å². The summed E-state index contributed by atoms with van der Waals surface area (Å²) in [6.45, 7) is 6.89. The van der Waals surface area contributed by atoms with Crippen LogP contribution in [0.25, 0.3) is 0 Å². The molecule has 2 atom stereocenters. The number of unbranched alkanes of at least 4 members (excludes halogenated alkanes) is 4. The van der Waals surface area contributed by atoms with Gasteiger partial charge in [0.25, 0.3) is 0 Å². The summed E-state index contributed by atoms with van der Waals surface area (Å²) >= 11 is 0. The summed E-state index contributed by atoms with van der Waals surface area (Å²) in [6, 6.07) is 1.62. The Labute approximate surface area is 88.8 Å². The van der Waals surface area contributed by atoms with Gasteiger partial charge in [0.05, 0.1) is 0 Å². The molecule has 0 spiro atoms. The molecule has 2 heteroatoms. The zero-order valence-electron chi connectivity index (χ0n) is 9.81. The third kappa shape index (κ3) is 4.43. The minimum atomic E-state index is 0.810. The lowest BCUT2D eigenvalue weighted by atomic mass is 10.2. The van der Waals surface area contributed by atoms with Gasteiger partial charge in [-0.05, 0) is 6.42 Å². The SMILES string of the molecule is C1NC2CNC1C2.CCCCCCC. The molecular weight excluding hydrogens is 172 g/mol. The van der Waals surface area contributed by atoms with E-state index in [9.17, 15) is 0 Å². The summed E-state index contributed by atoms with van der Waals surface area (Å²) in [5, 5.41) is 6.79. The summed E-state index contributed by atoms with van der Waals surface area (Å²) in [6.07, 6.45) is 8.37. The van der Waals surface area contributed by atoms with Crippen LogP contribution in [0.2, 0.25) is 0 Å². The fourth-order valence-corrected chi connectivity index (χ4v) is 2.12. The standard InChI is InChI=1S/C7H16.C5H10N2/c1-3-5-7-6-4-2;1-4-2-6-5(1)3-7-4/h3-7H2,1-2H3;4-7H,1-3H2. The van der Waals surface area contributed by atoms with Crippen molar-refractivity contribution in [2.45, 2.75) is 64.5 Å². The molecule has 2 bridgehead atoms. The van der Waals surface area contributed by atoms with Crippen molar-refractivity contribution < 1.29 is 0 Å². The number of rotatable bonds is 4. The van der Waals surface area contributed by atoms with Gasteiger partial charge in [-0.2, -0.15) is 0 Å². The first-order valence-corrected chi connectivity index (χ1v) is 6.33. The second-order valence-corrected chi connectivity index (χ2v) is 4.51. The summed E-state index contributed by atoms with van der Waals surface area (Å²) in [7, 11) is 0. The van der Waals surface area contributed by atoms with E-state index in [0.717, 1.165) is 12.1 Å². The van der Waals surface area contributed by atoms with Gasteiger partial charge in [0.15, 0.2) is 0 Å². The van der Waals surface area contributed by atoms with Crippen LogP contribution in [0.1, 0.15) is 52.4 Å². The highest BCUT2D eigenvalue weighted by molar-refractivity contribution is 4.94. The van der Waals surface area contributed by atoms with Crippen LogP contribution in [0.15, 0.2) is 0 Å². The molecule has 2 fully saturated rings. The lowest BCUT2D eigenvalue weighted by Gasteiger charge is -2.10. The Kier molecular flexibility index (Phi) is 6.20. The highest BCUT2D eigenvalue weighted by Crippen LogP contribution is 2.11. The third-order valence-electron chi connectivity index (χ3n) is 3.08. The van der Waals surface area contributed by atoms with E-state index in [1.54, 1.807) is 0 Å². The molecule has 0 aromatic heterocycles. The predicted octanol–water partition coefficient (Wildman–Crippen LogP) is 2.30. The van der Waals surface area contributed by atoms with Gasteiger partial charge in [0.2, 0.25) is 0 Å². The average Bonchev–Trinajstić information content (AvgIpc) is 2.83. The maximum Gasteiger partial charge on any atom is 0.0208 e. The number of piperazine rings is 1. The van der Waals surface area contributed by atoms with E-state index in [2.05, 4.69) is 24.5 Å². The quantitative estimate of drug-likeness (QED) is 0.677. The van der Waals surface area contributed by atoms with E-state index in [-0.39, 0.29) is 0 Å². The van der Waals surface area contributed by atoms with Crippen molar-refractivity contribution in [3.63, 3.8) is 0 Å². The lowest BCUT2D eigenvalue weighted by molar-refractivity contribution is 0.528. The van der Waals surface area contributed by atoms with Gasteiger partial charge in [0, 0.05) is 25.2 Å². The number of hydrogen-bond acceptors (Lipinski definition) is 2. The van der Waals surface area contributed by atoms with Crippen molar-refractivity contribution in [3.05, 3.63) is 0 Å². The molecule has 0 radical (unpaired) electrons. The predicted molar refractivity (Wildman–Crippen MR) is 62.6 cm³/mol. The van der Waals surface area contributed by atoms with Crippen molar-refractivity contribution in [2.75, 3.05) is 13.1 Å². The minimum Gasteiger partial charge on any atom is -0.311 e. The second-order valence-electron chi connectivity index (χ2n) is 4.51. The number of fused-ring (bicyclic) bond motifs is 2. The molecule has 0 aliphatic carbocycles. The van der Waals surface area contributed by atoms with Crippen LogP contribution in [-0.4, -0.2) is 25.2 Å². The van der Waals surface area contributed by atoms with Gasteiger partial charge >= 0.3 is 0 Å². The first kappa shape index (κ1) is 12.0. The van der Waals surface area contributed by atoms with Gasteiger partial charge in [-0.25, -0.2) is 0 Å². The maximum absolute atomic E-state index is 3.39. The Balaban J connectivity index is 0.000000140. The van der Waals surface area contributed by atoms with Crippen molar-refractivity contribution in [1.29, 1.82) is 0 Å². The van der Waals surface area contributed by atoms with E-state index in [1.165, 1.54) is 51.6 Å².